The zero-order valence-electron chi connectivity index (χ0n) is 14.1. The Morgan fingerprint density at radius 2 is 2.21 bits per heavy atom. The highest BCUT2D eigenvalue weighted by Gasteiger charge is 2.46. The van der Waals surface area contributed by atoms with Crippen molar-refractivity contribution in [2.75, 3.05) is 13.1 Å². The minimum absolute atomic E-state index is 0.0284. The Morgan fingerprint density at radius 3 is 2.88 bits per heavy atom. The number of aryl methyl sites for hydroxylation is 3. The van der Waals surface area contributed by atoms with Crippen LogP contribution in [-0.4, -0.2) is 49.9 Å². The minimum Gasteiger partial charge on any atom is -0.363 e. The Bertz CT molecular complexity index is 754. The SMILES string of the molecule is CCn1nc(C)cc1C(=O)N1C[C@H]2C[C@H](c3nc(C)no3)O[C@H]2C1. The third kappa shape index (κ3) is 2.50. The fourth-order valence-electron chi connectivity index (χ4n) is 3.65. The molecule has 2 saturated heterocycles. The average Bonchev–Trinajstić information content (AvgIpc) is 3.27. The van der Waals surface area contributed by atoms with Gasteiger partial charge < -0.3 is 14.2 Å². The second-order valence-corrected chi connectivity index (χ2v) is 6.54. The van der Waals surface area contributed by atoms with E-state index in [0.29, 0.717) is 43.0 Å². The number of hydrogen-bond donors (Lipinski definition) is 0. The van der Waals surface area contributed by atoms with E-state index in [1.807, 2.05) is 24.8 Å². The van der Waals surface area contributed by atoms with Gasteiger partial charge in [-0.2, -0.15) is 10.1 Å². The largest absolute Gasteiger partial charge is 0.363 e. The summed E-state index contributed by atoms with van der Waals surface area (Å²) in [5, 5.41) is 8.18. The normalized spacial score (nSPS) is 26.1. The Labute approximate surface area is 139 Å². The van der Waals surface area contributed by atoms with Crippen molar-refractivity contribution in [1.29, 1.82) is 0 Å². The van der Waals surface area contributed by atoms with Gasteiger partial charge >= 0.3 is 0 Å². The van der Waals surface area contributed by atoms with E-state index in [1.165, 1.54) is 0 Å². The maximum Gasteiger partial charge on any atom is 0.272 e. The van der Waals surface area contributed by atoms with E-state index < -0.39 is 0 Å². The molecular formula is C16H21N5O3. The second kappa shape index (κ2) is 5.70. The molecule has 0 bridgehead atoms. The van der Waals surface area contributed by atoms with Crippen LogP contribution in [0, 0.1) is 19.8 Å². The molecule has 0 N–H and O–H groups in total. The maximum absolute atomic E-state index is 12.8. The lowest BCUT2D eigenvalue weighted by atomic mass is 10.0. The summed E-state index contributed by atoms with van der Waals surface area (Å²) in [5.41, 5.74) is 1.52. The number of amides is 1. The zero-order valence-corrected chi connectivity index (χ0v) is 14.1. The maximum atomic E-state index is 12.8. The highest BCUT2D eigenvalue weighted by Crippen LogP contribution is 2.40. The first-order valence-corrected chi connectivity index (χ1v) is 8.34. The van der Waals surface area contributed by atoms with Crippen LogP contribution in [0.25, 0.3) is 0 Å². The van der Waals surface area contributed by atoms with Crippen LogP contribution in [0.2, 0.25) is 0 Å². The lowest BCUT2D eigenvalue weighted by molar-refractivity contribution is 0.0198. The highest BCUT2D eigenvalue weighted by atomic mass is 16.5. The van der Waals surface area contributed by atoms with Crippen molar-refractivity contribution >= 4 is 5.91 Å². The molecule has 2 fully saturated rings. The zero-order chi connectivity index (χ0) is 16.8. The van der Waals surface area contributed by atoms with Crippen molar-refractivity contribution in [2.24, 2.45) is 5.92 Å². The molecule has 0 aliphatic carbocycles. The molecule has 1 amide bonds. The van der Waals surface area contributed by atoms with Crippen molar-refractivity contribution in [3.8, 4) is 0 Å². The third-order valence-electron chi connectivity index (χ3n) is 4.76. The Kier molecular flexibility index (Phi) is 3.64. The lowest BCUT2D eigenvalue weighted by Gasteiger charge is -2.18. The van der Waals surface area contributed by atoms with Crippen molar-refractivity contribution in [1.82, 2.24) is 24.8 Å². The van der Waals surface area contributed by atoms with Gasteiger partial charge in [-0.05, 0) is 33.3 Å². The van der Waals surface area contributed by atoms with Gasteiger partial charge in [-0.1, -0.05) is 5.16 Å². The van der Waals surface area contributed by atoms with Crippen molar-refractivity contribution < 1.29 is 14.1 Å². The van der Waals surface area contributed by atoms with Crippen LogP contribution >= 0.6 is 0 Å². The second-order valence-electron chi connectivity index (χ2n) is 6.54. The Hall–Kier alpha value is -2.22. The first kappa shape index (κ1) is 15.3. The molecule has 8 heteroatoms. The molecule has 4 rings (SSSR count). The van der Waals surface area contributed by atoms with Gasteiger partial charge in [-0.3, -0.25) is 9.48 Å². The number of rotatable bonds is 3. The number of likely N-dealkylation sites (tertiary alicyclic amines) is 1. The fourth-order valence-corrected chi connectivity index (χ4v) is 3.65. The summed E-state index contributed by atoms with van der Waals surface area (Å²) in [6, 6.07) is 1.85. The van der Waals surface area contributed by atoms with Gasteiger partial charge in [0.25, 0.3) is 11.8 Å². The molecule has 2 aromatic rings. The van der Waals surface area contributed by atoms with Crippen molar-refractivity contribution in [2.45, 2.75) is 45.9 Å². The first-order valence-electron chi connectivity index (χ1n) is 8.34. The van der Waals surface area contributed by atoms with E-state index in [0.717, 1.165) is 12.1 Å². The molecule has 0 saturated carbocycles. The molecule has 2 aliphatic heterocycles. The van der Waals surface area contributed by atoms with E-state index in [-0.39, 0.29) is 18.1 Å². The summed E-state index contributed by atoms with van der Waals surface area (Å²) in [7, 11) is 0. The fraction of sp³-hybridized carbons (Fsp3) is 0.625. The highest BCUT2D eigenvalue weighted by molar-refractivity contribution is 5.93. The first-order chi connectivity index (χ1) is 11.5. The minimum atomic E-state index is -0.151. The van der Waals surface area contributed by atoms with Gasteiger partial charge in [0.05, 0.1) is 11.8 Å². The molecule has 2 aromatic heterocycles. The quantitative estimate of drug-likeness (QED) is 0.847. The molecule has 24 heavy (non-hydrogen) atoms. The number of aromatic nitrogens is 4. The van der Waals surface area contributed by atoms with Crippen LogP contribution in [0.3, 0.4) is 0 Å². The molecule has 0 unspecified atom stereocenters. The predicted octanol–water partition coefficient (Wildman–Crippen LogP) is 1.51. The van der Waals surface area contributed by atoms with Gasteiger partial charge in [-0.15, -0.1) is 0 Å². The number of nitrogens with zero attached hydrogens (tertiary/aromatic N) is 5. The topological polar surface area (TPSA) is 86.3 Å². The van der Waals surface area contributed by atoms with Gasteiger partial charge in [0.2, 0.25) is 0 Å². The molecule has 2 aliphatic rings. The van der Waals surface area contributed by atoms with Crippen LogP contribution in [0.4, 0.5) is 0 Å². The van der Waals surface area contributed by atoms with Crippen LogP contribution in [0.5, 0.6) is 0 Å². The van der Waals surface area contributed by atoms with Gasteiger partial charge in [0.15, 0.2) is 5.82 Å². The lowest BCUT2D eigenvalue weighted by Crippen LogP contribution is -2.32. The number of ether oxygens (including phenoxy) is 1. The van der Waals surface area contributed by atoms with Gasteiger partial charge in [0.1, 0.15) is 11.8 Å². The van der Waals surface area contributed by atoms with E-state index in [9.17, 15) is 4.79 Å². The predicted molar refractivity (Wildman–Crippen MR) is 83.3 cm³/mol. The standard InChI is InChI=1S/C16H21N5O3/c1-4-21-12(5-9(2)18-21)16(22)20-7-11-6-13(23-14(11)8-20)15-17-10(3)19-24-15/h5,11,13-14H,4,6-8H2,1-3H3/t11-,13-,14+/m1/s1. The molecule has 8 nitrogen and oxygen atoms in total. The Balaban J connectivity index is 1.44. The summed E-state index contributed by atoms with van der Waals surface area (Å²) in [6.07, 6.45) is 0.689. The summed E-state index contributed by atoms with van der Waals surface area (Å²) in [6.45, 7) is 7.67. The molecular weight excluding hydrogens is 310 g/mol. The Morgan fingerprint density at radius 1 is 1.38 bits per heavy atom. The summed E-state index contributed by atoms with van der Waals surface area (Å²) in [4.78, 5) is 18.9. The summed E-state index contributed by atoms with van der Waals surface area (Å²) < 4.78 is 13.0. The van der Waals surface area contributed by atoms with Gasteiger partial charge in [0, 0.05) is 25.6 Å². The van der Waals surface area contributed by atoms with Crippen LogP contribution in [0.1, 0.15) is 47.3 Å². The van der Waals surface area contributed by atoms with Crippen molar-refractivity contribution in [3.63, 3.8) is 0 Å². The van der Waals surface area contributed by atoms with Crippen LogP contribution in [0.15, 0.2) is 10.6 Å². The number of hydrogen-bond acceptors (Lipinski definition) is 6. The van der Waals surface area contributed by atoms with E-state index in [2.05, 4.69) is 15.2 Å². The van der Waals surface area contributed by atoms with Crippen LogP contribution in [-0.2, 0) is 11.3 Å². The monoisotopic (exact) mass is 331 g/mol. The number of carbonyl (C=O) groups is 1. The molecule has 0 aromatic carbocycles. The molecule has 3 atom stereocenters. The van der Waals surface area contributed by atoms with E-state index in [1.54, 1.807) is 11.6 Å². The van der Waals surface area contributed by atoms with E-state index in [4.69, 9.17) is 9.26 Å². The molecule has 4 heterocycles. The average molecular weight is 331 g/mol. The third-order valence-corrected chi connectivity index (χ3v) is 4.76. The number of carbonyl (C=O) groups excluding carboxylic acids is 1. The summed E-state index contributed by atoms with van der Waals surface area (Å²) >= 11 is 0. The molecule has 0 spiro atoms. The number of fused-ring (bicyclic) bond motifs is 1. The van der Waals surface area contributed by atoms with Crippen LogP contribution < -0.4 is 0 Å². The summed E-state index contributed by atoms with van der Waals surface area (Å²) in [5.74, 6) is 1.50. The smallest absolute Gasteiger partial charge is 0.272 e. The molecule has 0 radical (unpaired) electrons. The molecule has 128 valence electrons. The van der Waals surface area contributed by atoms with Crippen molar-refractivity contribution in [3.05, 3.63) is 29.2 Å². The van der Waals surface area contributed by atoms with Gasteiger partial charge in [-0.25, -0.2) is 0 Å². The van der Waals surface area contributed by atoms with E-state index >= 15 is 0 Å².